The summed E-state index contributed by atoms with van der Waals surface area (Å²) in [5.41, 5.74) is -1.05. The molecule has 0 bridgehead atoms. The van der Waals surface area contributed by atoms with Crippen LogP contribution in [0.4, 0.5) is 14.6 Å². The van der Waals surface area contributed by atoms with Crippen molar-refractivity contribution in [1.82, 2.24) is 9.55 Å². The third kappa shape index (κ3) is 7.30. The van der Waals surface area contributed by atoms with Crippen LogP contribution >= 0.6 is 7.82 Å². The molecule has 2 N–H and O–H groups in total. The van der Waals surface area contributed by atoms with Gasteiger partial charge in [-0.25, -0.2) is 14.2 Å². The van der Waals surface area contributed by atoms with E-state index in [0.29, 0.717) is 4.57 Å². The number of nitrogens with one attached hydrogen (secondary N) is 1. The van der Waals surface area contributed by atoms with E-state index in [-0.39, 0.29) is 23.4 Å². The number of amides is 1. The van der Waals surface area contributed by atoms with Gasteiger partial charge in [0, 0.05) is 11.8 Å². The lowest BCUT2D eigenvalue weighted by atomic mass is 10.1. The van der Waals surface area contributed by atoms with Crippen LogP contribution in [0.2, 0.25) is 0 Å². The summed E-state index contributed by atoms with van der Waals surface area (Å²) >= 11 is 0. The smallest absolute Gasteiger partial charge is 0.449 e. The van der Waals surface area contributed by atoms with Gasteiger partial charge in [0.15, 0.2) is 6.10 Å². The van der Waals surface area contributed by atoms with Crippen molar-refractivity contribution in [1.29, 1.82) is 5.26 Å². The predicted octanol–water partition coefficient (Wildman–Crippen LogP) is 3.30. The molecule has 1 aliphatic rings. The van der Waals surface area contributed by atoms with E-state index < -0.39 is 63.0 Å². The van der Waals surface area contributed by atoms with Gasteiger partial charge in [0.1, 0.15) is 11.9 Å². The molecule has 1 saturated heterocycles. The molecule has 2 aromatic carbocycles. The molecule has 13 nitrogen and oxygen atoms in total. The highest BCUT2D eigenvalue weighted by atomic mass is 31.2. The summed E-state index contributed by atoms with van der Waals surface area (Å²) in [7, 11) is -4.82. The number of ether oxygens (including phenoxy) is 2. The van der Waals surface area contributed by atoms with Crippen LogP contribution in [-0.2, 0) is 23.1 Å². The maximum absolute atomic E-state index is 15.8. The van der Waals surface area contributed by atoms with Crippen LogP contribution in [0.5, 0.6) is 0 Å². The highest BCUT2D eigenvalue weighted by Crippen LogP contribution is 2.48. The minimum atomic E-state index is -4.82. The van der Waals surface area contributed by atoms with Gasteiger partial charge in [-0.05, 0) is 30.3 Å². The van der Waals surface area contributed by atoms with Crippen LogP contribution in [0.25, 0.3) is 0 Å². The number of phosphoric ester groups is 1. The average molecular weight is 604 g/mol. The Morgan fingerprint density at radius 2 is 1.74 bits per heavy atom. The fraction of sp³-hybridized carbons (Fsp3) is 0.269. The molecule has 16 heteroatoms. The van der Waals surface area contributed by atoms with Crippen molar-refractivity contribution in [2.75, 3.05) is 18.5 Å². The molecule has 1 unspecified atom stereocenters. The van der Waals surface area contributed by atoms with E-state index in [1.165, 1.54) is 36.4 Å². The average Bonchev–Trinajstić information content (AvgIpc) is 3.22. The van der Waals surface area contributed by atoms with Crippen molar-refractivity contribution < 1.29 is 46.3 Å². The van der Waals surface area contributed by atoms with E-state index >= 15 is 8.78 Å². The van der Waals surface area contributed by atoms with Crippen molar-refractivity contribution in [3.63, 3.8) is 0 Å². The van der Waals surface area contributed by atoms with Crippen LogP contribution in [0, 0.1) is 11.3 Å². The summed E-state index contributed by atoms with van der Waals surface area (Å²) < 4.78 is 63.8. The maximum Gasteiger partial charge on any atom is 0.472 e. The van der Waals surface area contributed by atoms with Crippen LogP contribution in [0.3, 0.4) is 0 Å². The largest absolute Gasteiger partial charge is 0.472 e. The Kier molecular flexibility index (Phi) is 9.56. The molecule has 2 heterocycles. The van der Waals surface area contributed by atoms with E-state index in [4.69, 9.17) is 19.3 Å². The molecular formula is C26H23F2N4O9P. The Balaban J connectivity index is 1.57. The molecule has 1 fully saturated rings. The van der Waals surface area contributed by atoms with Crippen LogP contribution in [-0.4, -0.2) is 57.7 Å². The van der Waals surface area contributed by atoms with Gasteiger partial charge in [-0.1, -0.05) is 36.4 Å². The zero-order valence-corrected chi connectivity index (χ0v) is 22.4. The molecule has 42 heavy (non-hydrogen) atoms. The Labute approximate surface area is 236 Å². The Morgan fingerprint density at radius 1 is 1.10 bits per heavy atom. The Bertz CT molecular complexity index is 1570. The quantitative estimate of drug-likeness (QED) is 0.186. The number of carbonyl (C=O) groups excluding carboxylic acids is 2. The normalized spacial score (nSPS) is 20.7. The van der Waals surface area contributed by atoms with Gasteiger partial charge >= 0.3 is 25.4 Å². The molecular weight excluding hydrogens is 581 g/mol. The minimum Gasteiger partial charge on any atom is -0.449 e. The SMILES string of the molecule is N#CCCOP(=O)(O)OC[C@H]1O[C@@H](n2ccc(NC(=O)c3ccccc3)nc2=O)C(F)(F)[C@@H]1OC(=O)c1ccccc1. The molecule has 4 rings (SSSR count). The summed E-state index contributed by atoms with van der Waals surface area (Å²) in [5, 5.41) is 10.9. The molecule has 0 radical (unpaired) electrons. The predicted molar refractivity (Wildman–Crippen MR) is 139 cm³/mol. The molecule has 220 valence electrons. The lowest BCUT2D eigenvalue weighted by Crippen LogP contribution is -2.44. The summed E-state index contributed by atoms with van der Waals surface area (Å²) in [6.07, 6.45) is -5.99. The molecule has 0 saturated carbocycles. The third-order valence-corrected chi connectivity index (χ3v) is 6.81. The monoisotopic (exact) mass is 604 g/mol. The summed E-state index contributed by atoms with van der Waals surface area (Å²) in [6, 6.07) is 17.9. The number of rotatable bonds is 11. The third-order valence-electron chi connectivity index (χ3n) is 5.82. The molecule has 1 amide bonds. The van der Waals surface area contributed by atoms with Crippen LogP contribution in [0.1, 0.15) is 33.4 Å². The van der Waals surface area contributed by atoms with Crippen molar-refractivity contribution >= 4 is 25.5 Å². The Morgan fingerprint density at radius 3 is 2.36 bits per heavy atom. The first kappa shape index (κ1) is 30.6. The summed E-state index contributed by atoms with van der Waals surface area (Å²) in [5.74, 6) is -6.07. The highest BCUT2D eigenvalue weighted by molar-refractivity contribution is 7.47. The van der Waals surface area contributed by atoms with E-state index in [1.54, 1.807) is 30.3 Å². The molecule has 0 aliphatic carbocycles. The highest BCUT2D eigenvalue weighted by Gasteiger charge is 2.63. The number of nitrogens with zero attached hydrogens (tertiary/aromatic N) is 3. The van der Waals surface area contributed by atoms with Gasteiger partial charge < -0.3 is 19.7 Å². The second-order valence-electron chi connectivity index (χ2n) is 8.72. The number of carbonyl (C=O) groups is 2. The maximum atomic E-state index is 15.8. The first-order valence-electron chi connectivity index (χ1n) is 12.3. The van der Waals surface area contributed by atoms with Crippen LogP contribution in [0.15, 0.2) is 77.7 Å². The van der Waals surface area contributed by atoms with E-state index in [9.17, 15) is 23.8 Å². The first-order chi connectivity index (χ1) is 20.0. The van der Waals surface area contributed by atoms with Crippen molar-refractivity contribution in [3.05, 3.63) is 94.5 Å². The van der Waals surface area contributed by atoms with Gasteiger partial charge in [0.05, 0.1) is 31.3 Å². The number of nitriles is 1. The van der Waals surface area contributed by atoms with Crippen LogP contribution < -0.4 is 11.0 Å². The Hall–Kier alpha value is -4.32. The number of hydrogen-bond donors (Lipinski definition) is 2. The number of alkyl halides is 2. The van der Waals surface area contributed by atoms with Gasteiger partial charge in [0.25, 0.3) is 5.91 Å². The number of phosphoric acid groups is 1. The summed E-state index contributed by atoms with van der Waals surface area (Å²) in [4.78, 5) is 51.3. The topological polar surface area (TPSA) is 179 Å². The standard InChI is InChI=1S/C26H23F2N4O9P/c27-26(28)21(41-23(34)18-10-5-2-6-11-18)19(16-39-42(36,37)38-15-7-13-29)40-24(26)32-14-12-20(31-25(32)35)30-22(33)17-8-3-1-4-9-17/h1-6,8-12,14,19,21,24H,7,15-16H2,(H,36,37)(H,30,31,33,35)/t19-,21-,24-/m1/s1. The minimum absolute atomic E-state index is 0.0681. The number of aromatic nitrogens is 2. The zero-order chi connectivity index (χ0) is 30.3. The number of benzene rings is 2. The van der Waals surface area contributed by atoms with Gasteiger partial charge in [-0.3, -0.25) is 18.4 Å². The molecule has 3 aromatic rings. The van der Waals surface area contributed by atoms with Gasteiger partial charge in [0.2, 0.25) is 6.23 Å². The van der Waals surface area contributed by atoms with Crippen molar-refractivity contribution in [2.24, 2.45) is 0 Å². The molecule has 4 atom stereocenters. The van der Waals surface area contributed by atoms with Gasteiger partial charge in [-0.15, -0.1) is 0 Å². The van der Waals surface area contributed by atoms with E-state index in [1.807, 2.05) is 0 Å². The lowest BCUT2D eigenvalue weighted by molar-refractivity contribution is -0.142. The van der Waals surface area contributed by atoms with Crippen molar-refractivity contribution in [3.8, 4) is 6.07 Å². The number of esters is 1. The fourth-order valence-electron chi connectivity index (χ4n) is 3.86. The summed E-state index contributed by atoms with van der Waals surface area (Å²) in [6.45, 7) is -1.50. The number of hydrogen-bond acceptors (Lipinski definition) is 10. The molecule has 0 spiro atoms. The molecule has 1 aromatic heterocycles. The van der Waals surface area contributed by atoms with E-state index in [2.05, 4.69) is 14.8 Å². The van der Waals surface area contributed by atoms with E-state index in [0.717, 1.165) is 12.3 Å². The zero-order valence-electron chi connectivity index (χ0n) is 21.5. The van der Waals surface area contributed by atoms with Crippen molar-refractivity contribution in [2.45, 2.75) is 30.8 Å². The second-order valence-corrected chi connectivity index (χ2v) is 10.2. The number of anilines is 1. The lowest BCUT2D eigenvalue weighted by Gasteiger charge is -2.24. The van der Waals surface area contributed by atoms with Gasteiger partial charge in [-0.2, -0.15) is 19.0 Å². The fourth-order valence-corrected chi connectivity index (χ4v) is 4.59. The second kappa shape index (κ2) is 13.1. The molecule has 1 aliphatic heterocycles. The number of halogens is 2. The first-order valence-corrected chi connectivity index (χ1v) is 13.7.